The Morgan fingerprint density at radius 1 is 1.43 bits per heavy atom. The first-order chi connectivity index (χ1) is 6.74. The fraction of sp³-hybridized carbons (Fsp3) is 0.455. The van der Waals surface area contributed by atoms with Crippen LogP contribution in [0.4, 0.5) is 0 Å². The predicted molar refractivity (Wildman–Crippen MR) is 54.4 cm³/mol. The van der Waals surface area contributed by atoms with E-state index in [1.807, 2.05) is 6.07 Å². The van der Waals surface area contributed by atoms with Crippen molar-refractivity contribution in [3.05, 3.63) is 29.6 Å². The Morgan fingerprint density at radius 2 is 2.21 bits per heavy atom. The van der Waals surface area contributed by atoms with Gasteiger partial charge in [-0.3, -0.25) is 0 Å². The van der Waals surface area contributed by atoms with Crippen molar-refractivity contribution >= 4 is 5.97 Å². The number of nitrogens with zero attached hydrogens (tertiary/aromatic N) is 1. The smallest absolute Gasteiger partial charge is 0.354 e. The van der Waals surface area contributed by atoms with Gasteiger partial charge in [-0.15, -0.1) is 0 Å². The molecule has 1 heterocycles. The van der Waals surface area contributed by atoms with Crippen LogP contribution in [0.2, 0.25) is 0 Å². The van der Waals surface area contributed by atoms with Gasteiger partial charge >= 0.3 is 5.97 Å². The summed E-state index contributed by atoms with van der Waals surface area (Å²) in [5.74, 6) is -0.967. The molecule has 14 heavy (non-hydrogen) atoms. The molecule has 0 amide bonds. The number of rotatable bonds is 5. The van der Waals surface area contributed by atoms with E-state index in [1.54, 1.807) is 12.3 Å². The third kappa shape index (κ3) is 3.17. The van der Waals surface area contributed by atoms with Gasteiger partial charge in [0.2, 0.25) is 0 Å². The largest absolute Gasteiger partial charge is 0.477 e. The quantitative estimate of drug-likeness (QED) is 0.731. The Labute approximate surface area is 83.8 Å². The number of carboxylic acid groups (broad SMARTS) is 1. The summed E-state index contributed by atoms with van der Waals surface area (Å²) >= 11 is 0. The van der Waals surface area contributed by atoms with Crippen LogP contribution in [0.3, 0.4) is 0 Å². The van der Waals surface area contributed by atoms with Crippen LogP contribution < -0.4 is 0 Å². The second kappa shape index (κ2) is 5.37. The van der Waals surface area contributed by atoms with Gasteiger partial charge in [-0.1, -0.05) is 25.8 Å². The summed E-state index contributed by atoms with van der Waals surface area (Å²) < 4.78 is 0. The van der Waals surface area contributed by atoms with E-state index in [0.717, 1.165) is 18.4 Å². The van der Waals surface area contributed by atoms with Crippen molar-refractivity contribution < 1.29 is 9.90 Å². The molecule has 3 heteroatoms. The van der Waals surface area contributed by atoms with Crippen molar-refractivity contribution in [3.63, 3.8) is 0 Å². The SMILES string of the molecule is CCCCCc1ccc(C(=O)O)nc1. The molecule has 0 spiro atoms. The highest BCUT2D eigenvalue weighted by molar-refractivity contribution is 5.85. The summed E-state index contributed by atoms with van der Waals surface area (Å²) in [5.41, 5.74) is 1.23. The Bertz CT molecular complexity index is 293. The van der Waals surface area contributed by atoms with E-state index in [-0.39, 0.29) is 5.69 Å². The molecule has 0 aliphatic rings. The first-order valence-electron chi connectivity index (χ1n) is 4.92. The molecule has 0 fully saturated rings. The third-order valence-electron chi connectivity index (χ3n) is 2.11. The minimum Gasteiger partial charge on any atom is -0.477 e. The van der Waals surface area contributed by atoms with Crippen molar-refractivity contribution in [2.24, 2.45) is 0 Å². The molecule has 1 aromatic heterocycles. The molecule has 1 rings (SSSR count). The second-order valence-electron chi connectivity index (χ2n) is 3.31. The van der Waals surface area contributed by atoms with Gasteiger partial charge < -0.3 is 5.11 Å². The number of aryl methyl sites for hydroxylation is 1. The lowest BCUT2D eigenvalue weighted by Gasteiger charge is -2.00. The van der Waals surface area contributed by atoms with E-state index in [4.69, 9.17) is 5.11 Å². The molecular weight excluding hydrogens is 178 g/mol. The first-order valence-corrected chi connectivity index (χ1v) is 4.92. The number of aromatic nitrogens is 1. The molecule has 1 aromatic rings. The average molecular weight is 193 g/mol. The van der Waals surface area contributed by atoms with Crippen LogP contribution in [0.15, 0.2) is 18.3 Å². The minimum atomic E-state index is -0.967. The van der Waals surface area contributed by atoms with Crippen molar-refractivity contribution in [2.75, 3.05) is 0 Å². The molecule has 0 atom stereocenters. The zero-order chi connectivity index (χ0) is 10.4. The summed E-state index contributed by atoms with van der Waals surface area (Å²) in [7, 11) is 0. The number of hydrogen-bond acceptors (Lipinski definition) is 2. The molecule has 0 unspecified atom stereocenters. The number of carbonyl (C=O) groups is 1. The van der Waals surface area contributed by atoms with Crippen LogP contribution in [0.1, 0.15) is 42.2 Å². The van der Waals surface area contributed by atoms with Crippen molar-refractivity contribution in [3.8, 4) is 0 Å². The minimum absolute atomic E-state index is 0.115. The van der Waals surface area contributed by atoms with Gasteiger partial charge in [-0.2, -0.15) is 0 Å². The molecule has 0 radical (unpaired) electrons. The Balaban J connectivity index is 2.51. The third-order valence-corrected chi connectivity index (χ3v) is 2.11. The van der Waals surface area contributed by atoms with Crippen LogP contribution in [0, 0.1) is 0 Å². The van der Waals surface area contributed by atoms with Gasteiger partial charge in [0.05, 0.1) is 0 Å². The van der Waals surface area contributed by atoms with Gasteiger partial charge in [-0.05, 0) is 24.5 Å². The number of hydrogen-bond donors (Lipinski definition) is 1. The van der Waals surface area contributed by atoms with E-state index in [1.165, 1.54) is 12.8 Å². The van der Waals surface area contributed by atoms with Crippen LogP contribution >= 0.6 is 0 Å². The Kier molecular flexibility index (Phi) is 4.11. The normalized spacial score (nSPS) is 10.1. The average Bonchev–Trinajstić information content (AvgIpc) is 2.19. The number of pyridine rings is 1. The summed E-state index contributed by atoms with van der Waals surface area (Å²) in [5, 5.41) is 8.63. The van der Waals surface area contributed by atoms with Crippen LogP contribution in [0.25, 0.3) is 0 Å². The van der Waals surface area contributed by atoms with Gasteiger partial charge in [0, 0.05) is 6.20 Å². The maximum absolute atomic E-state index is 10.5. The Morgan fingerprint density at radius 3 is 2.71 bits per heavy atom. The van der Waals surface area contributed by atoms with Crippen molar-refractivity contribution in [2.45, 2.75) is 32.6 Å². The summed E-state index contributed by atoms with van der Waals surface area (Å²) in [4.78, 5) is 14.4. The van der Waals surface area contributed by atoms with Crippen molar-refractivity contribution in [1.29, 1.82) is 0 Å². The fourth-order valence-corrected chi connectivity index (χ4v) is 1.28. The molecule has 76 valence electrons. The van der Waals surface area contributed by atoms with Crippen molar-refractivity contribution in [1.82, 2.24) is 4.98 Å². The van der Waals surface area contributed by atoms with E-state index in [9.17, 15) is 4.79 Å². The highest BCUT2D eigenvalue weighted by Gasteiger charge is 2.02. The lowest BCUT2D eigenvalue weighted by molar-refractivity contribution is 0.0690. The number of unbranched alkanes of at least 4 members (excludes halogenated alkanes) is 2. The molecule has 1 N–H and O–H groups in total. The second-order valence-corrected chi connectivity index (χ2v) is 3.31. The van der Waals surface area contributed by atoms with E-state index in [0.29, 0.717) is 0 Å². The van der Waals surface area contributed by atoms with Gasteiger partial charge in [0.15, 0.2) is 0 Å². The Hall–Kier alpha value is -1.38. The van der Waals surface area contributed by atoms with Crippen LogP contribution in [-0.4, -0.2) is 16.1 Å². The number of carboxylic acids is 1. The molecule has 0 saturated carbocycles. The number of aromatic carboxylic acids is 1. The molecular formula is C11H15NO2. The maximum atomic E-state index is 10.5. The van der Waals surface area contributed by atoms with Crippen LogP contribution in [0.5, 0.6) is 0 Å². The zero-order valence-electron chi connectivity index (χ0n) is 8.36. The zero-order valence-corrected chi connectivity index (χ0v) is 8.36. The monoisotopic (exact) mass is 193 g/mol. The molecule has 3 nitrogen and oxygen atoms in total. The molecule has 0 saturated heterocycles. The van der Waals surface area contributed by atoms with Crippen LogP contribution in [-0.2, 0) is 6.42 Å². The summed E-state index contributed by atoms with van der Waals surface area (Å²) in [6.45, 7) is 2.16. The standard InChI is InChI=1S/C11H15NO2/c1-2-3-4-5-9-6-7-10(11(13)14)12-8-9/h6-8H,2-5H2,1H3,(H,13,14). The van der Waals surface area contributed by atoms with E-state index >= 15 is 0 Å². The fourth-order valence-electron chi connectivity index (χ4n) is 1.28. The van der Waals surface area contributed by atoms with Gasteiger partial charge in [0.1, 0.15) is 5.69 Å². The predicted octanol–water partition coefficient (Wildman–Crippen LogP) is 2.51. The molecule has 0 bridgehead atoms. The highest BCUT2D eigenvalue weighted by atomic mass is 16.4. The molecule has 0 aromatic carbocycles. The summed E-state index contributed by atoms with van der Waals surface area (Å²) in [6.07, 6.45) is 6.19. The highest BCUT2D eigenvalue weighted by Crippen LogP contribution is 2.06. The van der Waals surface area contributed by atoms with E-state index < -0.39 is 5.97 Å². The summed E-state index contributed by atoms with van der Waals surface area (Å²) in [6, 6.07) is 3.40. The molecule has 0 aliphatic heterocycles. The first kappa shape index (κ1) is 10.7. The lowest BCUT2D eigenvalue weighted by atomic mass is 10.1. The maximum Gasteiger partial charge on any atom is 0.354 e. The van der Waals surface area contributed by atoms with Gasteiger partial charge in [0.25, 0.3) is 0 Å². The van der Waals surface area contributed by atoms with E-state index in [2.05, 4.69) is 11.9 Å². The molecule has 0 aliphatic carbocycles. The topological polar surface area (TPSA) is 50.2 Å². The van der Waals surface area contributed by atoms with Gasteiger partial charge in [-0.25, -0.2) is 9.78 Å². The lowest BCUT2D eigenvalue weighted by Crippen LogP contribution is -2.00.